The highest BCUT2D eigenvalue weighted by atomic mass is 35.5. The van der Waals surface area contributed by atoms with E-state index in [0.717, 1.165) is 22.0 Å². The lowest BCUT2D eigenvalue weighted by atomic mass is 9.78. The fourth-order valence-electron chi connectivity index (χ4n) is 5.03. The van der Waals surface area contributed by atoms with Gasteiger partial charge in [-0.15, -0.1) is 0 Å². The van der Waals surface area contributed by atoms with E-state index in [1.807, 2.05) is 50.2 Å². The number of halogens is 1. The molecule has 7 nitrogen and oxygen atoms in total. The van der Waals surface area contributed by atoms with Crippen LogP contribution in [0.15, 0.2) is 48.5 Å². The van der Waals surface area contributed by atoms with Crippen molar-refractivity contribution in [1.29, 1.82) is 0 Å². The summed E-state index contributed by atoms with van der Waals surface area (Å²) in [4.78, 5) is 41.4. The Labute approximate surface area is 215 Å². The van der Waals surface area contributed by atoms with Gasteiger partial charge in [-0.05, 0) is 66.5 Å². The summed E-state index contributed by atoms with van der Waals surface area (Å²) in [6, 6.07) is 14.4. The minimum atomic E-state index is -0.674. The molecule has 0 bridgehead atoms. The van der Waals surface area contributed by atoms with Gasteiger partial charge in [-0.3, -0.25) is 9.59 Å². The van der Waals surface area contributed by atoms with Gasteiger partial charge in [-0.2, -0.15) is 0 Å². The zero-order chi connectivity index (χ0) is 25.8. The van der Waals surface area contributed by atoms with Gasteiger partial charge < -0.3 is 20.4 Å². The summed E-state index contributed by atoms with van der Waals surface area (Å²) in [7, 11) is 1.33. The number of amides is 2. The fraction of sp³-hybridized carbons (Fsp3) is 0.393. The molecule has 2 aromatic carbocycles. The zero-order valence-corrected chi connectivity index (χ0v) is 21.5. The topological polar surface area (TPSA) is 100 Å². The molecule has 0 saturated carbocycles. The third-order valence-electron chi connectivity index (χ3n) is 6.65. The number of carbonyl (C=O) groups excluding carboxylic acids is 3. The van der Waals surface area contributed by atoms with E-state index in [-0.39, 0.29) is 36.1 Å². The number of hydrogen-bond donors (Lipinski definition) is 3. The summed E-state index contributed by atoms with van der Waals surface area (Å²) in [5.74, 6) is -0.696. The van der Waals surface area contributed by atoms with Crippen molar-refractivity contribution in [2.75, 3.05) is 7.11 Å². The molecular weight excluding hydrogens is 478 g/mol. The minimum absolute atomic E-state index is 0.0842. The molecular formula is C28H32ClN3O4. The number of esters is 1. The van der Waals surface area contributed by atoms with E-state index in [4.69, 9.17) is 16.3 Å². The lowest BCUT2D eigenvalue weighted by Crippen LogP contribution is -2.44. The molecule has 0 aliphatic heterocycles. The van der Waals surface area contributed by atoms with E-state index in [2.05, 4.69) is 15.6 Å². The number of rotatable bonds is 8. The van der Waals surface area contributed by atoms with Crippen LogP contribution in [-0.4, -0.2) is 42.0 Å². The molecule has 0 fully saturated rings. The average Bonchev–Trinajstić information content (AvgIpc) is 3.26. The zero-order valence-electron chi connectivity index (χ0n) is 20.8. The van der Waals surface area contributed by atoms with Gasteiger partial charge in [0.25, 0.3) is 5.91 Å². The van der Waals surface area contributed by atoms with Crippen LogP contribution in [0.4, 0.5) is 0 Å². The summed E-state index contributed by atoms with van der Waals surface area (Å²) in [6.07, 6.45) is 2.04. The normalized spacial score (nSPS) is 17.9. The molecule has 8 heteroatoms. The predicted octanol–water partition coefficient (Wildman–Crippen LogP) is 4.74. The molecule has 0 saturated heterocycles. The second kappa shape index (κ2) is 11.2. The van der Waals surface area contributed by atoms with Crippen molar-refractivity contribution in [2.24, 2.45) is 5.92 Å². The first-order chi connectivity index (χ1) is 17.2. The molecule has 2 amide bonds. The number of aromatic nitrogens is 1. The van der Waals surface area contributed by atoms with Gasteiger partial charge in [0, 0.05) is 28.4 Å². The Morgan fingerprint density at radius 1 is 1.14 bits per heavy atom. The van der Waals surface area contributed by atoms with Gasteiger partial charge in [-0.1, -0.05) is 49.7 Å². The molecule has 190 valence electrons. The Balaban J connectivity index is 1.47. The molecule has 3 N–H and O–H groups in total. The summed E-state index contributed by atoms with van der Waals surface area (Å²) in [5.41, 5.74) is 3.53. The molecule has 0 radical (unpaired) electrons. The molecule has 36 heavy (non-hydrogen) atoms. The molecule has 1 aromatic heterocycles. The van der Waals surface area contributed by atoms with Crippen LogP contribution >= 0.6 is 11.6 Å². The van der Waals surface area contributed by atoms with Gasteiger partial charge in [0.05, 0.1) is 7.11 Å². The largest absolute Gasteiger partial charge is 0.467 e. The second-order valence-corrected chi connectivity index (χ2v) is 10.3. The smallest absolute Gasteiger partial charge is 0.328 e. The first-order valence-corrected chi connectivity index (χ1v) is 12.7. The molecule has 3 aromatic rings. The number of fused-ring (bicyclic) bond motifs is 2. The van der Waals surface area contributed by atoms with Crippen molar-refractivity contribution in [2.45, 2.75) is 57.5 Å². The lowest BCUT2D eigenvalue weighted by molar-refractivity contribution is -0.145. The summed E-state index contributed by atoms with van der Waals surface area (Å²) in [6.45, 7) is 3.99. The molecule has 1 heterocycles. The van der Waals surface area contributed by atoms with Crippen molar-refractivity contribution >= 4 is 40.3 Å². The molecule has 0 unspecified atom stereocenters. The minimum Gasteiger partial charge on any atom is -0.467 e. The van der Waals surface area contributed by atoms with Gasteiger partial charge in [0.15, 0.2) is 0 Å². The Morgan fingerprint density at radius 3 is 2.67 bits per heavy atom. The molecule has 0 spiro atoms. The van der Waals surface area contributed by atoms with Crippen LogP contribution in [0.1, 0.15) is 60.6 Å². The Morgan fingerprint density at radius 2 is 1.92 bits per heavy atom. The summed E-state index contributed by atoms with van der Waals surface area (Å²) in [5, 5.41) is 7.49. The van der Waals surface area contributed by atoms with E-state index in [1.54, 1.807) is 12.1 Å². The van der Waals surface area contributed by atoms with Crippen LogP contribution in [0, 0.1) is 5.92 Å². The third kappa shape index (κ3) is 6.08. The Kier molecular flexibility index (Phi) is 7.99. The van der Waals surface area contributed by atoms with Crippen LogP contribution < -0.4 is 10.6 Å². The number of nitrogens with one attached hydrogen (secondary N) is 3. The van der Waals surface area contributed by atoms with E-state index < -0.39 is 12.0 Å². The van der Waals surface area contributed by atoms with E-state index in [1.165, 1.54) is 7.11 Å². The quantitative estimate of drug-likeness (QED) is 0.382. The highest BCUT2D eigenvalue weighted by molar-refractivity contribution is 6.31. The number of ether oxygens (including phenoxy) is 1. The number of hydrogen-bond acceptors (Lipinski definition) is 4. The summed E-state index contributed by atoms with van der Waals surface area (Å²) < 4.78 is 4.88. The van der Waals surface area contributed by atoms with Crippen molar-refractivity contribution in [3.63, 3.8) is 0 Å². The van der Waals surface area contributed by atoms with Crippen LogP contribution in [-0.2, 0) is 20.7 Å². The number of carbonyl (C=O) groups is 3. The Hall–Kier alpha value is -3.32. The highest BCUT2D eigenvalue weighted by Crippen LogP contribution is 2.34. The number of benzene rings is 2. The monoisotopic (exact) mass is 509 g/mol. The van der Waals surface area contributed by atoms with E-state index in [0.29, 0.717) is 30.0 Å². The maximum absolute atomic E-state index is 13.1. The number of aromatic amines is 1. The van der Waals surface area contributed by atoms with E-state index in [9.17, 15) is 14.4 Å². The van der Waals surface area contributed by atoms with Crippen molar-refractivity contribution < 1.29 is 19.1 Å². The van der Waals surface area contributed by atoms with Crippen LogP contribution in [0.5, 0.6) is 0 Å². The molecule has 1 aliphatic rings. The van der Waals surface area contributed by atoms with Crippen LogP contribution in [0.25, 0.3) is 10.9 Å². The number of H-pyrrole nitrogens is 1. The standard InChI is InChI=1S/C28H32ClN3O4/c1-16(2)10-25(28(35)36-3)32-26(33)15-18-13-21(12-17-6-4-5-7-22(17)18)30-27(34)24-14-19-11-20(29)8-9-23(19)31-24/h4-9,11,14,16,18,21,25,31H,10,12-13,15H2,1-3H3,(H,30,34)(H,32,33)/t18-,21-,25+/m1/s1. The molecule has 4 rings (SSSR count). The van der Waals surface area contributed by atoms with Crippen molar-refractivity contribution in [3.8, 4) is 0 Å². The van der Waals surface area contributed by atoms with Gasteiger partial charge in [0.2, 0.25) is 5.91 Å². The van der Waals surface area contributed by atoms with Gasteiger partial charge in [0.1, 0.15) is 11.7 Å². The SMILES string of the molecule is COC(=O)[C@H](CC(C)C)NC(=O)C[C@H]1C[C@H](NC(=O)c2cc3cc(Cl)ccc3[nH]2)Cc2ccccc21. The first kappa shape index (κ1) is 25.8. The van der Waals surface area contributed by atoms with Crippen molar-refractivity contribution in [1.82, 2.24) is 15.6 Å². The fourth-order valence-corrected chi connectivity index (χ4v) is 5.22. The first-order valence-electron chi connectivity index (χ1n) is 12.3. The lowest BCUT2D eigenvalue weighted by Gasteiger charge is -2.32. The van der Waals surface area contributed by atoms with Crippen molar-refractivity contribution in [3.05, 3.63) is 70.4 Å². The van der Waals surface area contributed by atoms with Gasteiger partial charge >= 0.3 is 5.97 Å². The maximum Gasteiger partial charge on any atom is 0.328 e. The van der Waals surface area contributed by atoms with Gasteiger partial charge in [-0.25, -0.2) is 4.79 Å². The summed E-state index contributed by atoms with van der Waals surface area (Å²) >= 11 is 6.08. The molecule has 1 aliphatic carbocycles. The average molecular weight is 510 g/mol. The van der Waals surface area contributed by atoms with Crippen LogP contribution in [0.2, 0.25) is 5.02 Å². The van der Waals surface area contributed by atoms with E-state index >= 15 is 0 Å². The predicted molar refractivity (Wildman–Crippen MR) is 140 cm³/mol. The highest BCUT2D eigenvalue weighted by Gasteiger charge is 2.31. The maximum atomic E-state index is 13.1. The third-order valence-corrected chi connectivity index (χ3v) is 6.89. The molecule has 3 atom stereocenters. The Bertz CT molecular complexity index is 1270. The van der Waals surface area contributed by atoms with Crippen LogP contribution in [0.3, 0.4) is 0 Å². The number of methoxy groups -OCH3 is 1. The second-order valence-electron chi connectivity index (χ2n) is 9.90.